The number of sulfone groups is 1. The highest BCUT2D eigenvalue weighted by Gasteiger charge is 2.24. The van der Waals surface area contributed by atoms with Crippen LogP contribution in [-0.4, -0.2) is 18.4 Å². The van der Waals surface area contributed by atoms with Gasteiger partial charge in [0.15, 0.2) is 9.84 Å². The number of rotatable bonds is 8. The fourth-order valence-electron chi connectivity index (χ4n) is 5.92. The maximum Gasteiger partial charge on any atom is 0.158 e. The van der Waals surface area contributed by atoms with Gasteiger partial charge in [0.2, 0.25) is 0 Å². The third-order valence-electron chi connectivity index (χ3n) is 7.85. The summed E-state index contributed by atoms with van der Waals surface area (Å²) < 4.78 is 56.5. The summed E-state index contributed by atoms with van der Waals surface area (Å²) in [5.41, 5.74) is 7.99. The molecule has 2 aromatic heterocycles. The molecule has 2 aromatic carbocycles. The van der Waals surface area contributed by atoms with Crippen LogP contribution in [-0.2, 0) is 21.3 Å². The van der Waals surface area contributed by atoms with Gasteiger partial charge in [-0.05, 0) is 97.9 Å². The Bertz CT molecular complexity index is 1690. The standard InChI is InChI=1S/C32H30F2N2O2S3/c1-19-35-31(15-39-19)27-7-3-5-25(27)21-9-11-23(29(33)13-21)17-41(37,38)18-24-12-10-22(14-30(24)34)26-6-4-8-28(26)32-16-40-20(2)36-32/h9-16H,3-8,17-18H2,1-2H3. The van der Waals surface area contributed by atoms with Crippen molar-refractivity contribution in [2.75, 3.05) is 0 Å². The first-order chi connectivity index (χ1) is 19.7. The molecule has 0 fully saturated rings. The minimum Gasteiger partial charge on any atom is -0.242 e. The topological polar surface area (TPSA) is 59.9 Å². The van der Waals surface area contributed by atoms with E-state index in [1.165, 1.54) is 12.1 Å². The van der Waals surface area contributed by atoms with E-state index >= 15 is 8.78 Å². The van der Waals surface area contributed by atoms with Gasteiger partial charge >= 0.3 is 0 Å². The summed E-state index contributed by atoms with van der Waals surface area (Å²) in [5.74, 6) is -2.10. The molecule has 41 heavy (non-hydrogen) atoms. The van der Waals surface area contributed by atoms with E-state index in [9.17, 15) is 8.42 Å². The zero-order valence-electron chi connectivity index (χ0n) is 23.0. The number of aromatic nitrogens is 2. The summed E-state index contributed by atoms with van der Waals surface area (Å²) in [6, 6.07) is 9.53. The Morgan fingerprint density at radius 3 is 1.46 bits per heavy atom. The number of halogens is 2. The van der Waals surface area contributed by atoms with E-state index in [2.05, 4.69) is 9.97 Å². The van der Waals surface area contributed by atoms with Crippen LogP contribution in [0.25, 0.3) is 22.3 Å². The monoisotopic (exact) mass is 608 g/mol. The Morgan fingerprint density at radius 2 is 1.10 bits per heavy atom. The summed E-state index contributed by atoms with van der Waals surface area (Å²) in [5, 5.41) is 6.04. The van der Waals surface area contributed by atoms with Crippen molar-refractivity contribution in [3.05, 3.63) is 102 Å². The molecule has 0 amide bonds. The molecule has 0 saturated carbocycles. The molecule has 0 atom stereocenters. The summed E-state index contributed by atoms with van der Waals surface area (Å²) >= 11 is 3.18. The third-order valence-corrected chi connectivity index (χ3v) is 10.9. The van der Waals surface area contributed by atoms with Gasteiger partial charge in [-0.15, -0.1) is 22.7 Å². The van der Waals surface area contributed by atoms with Gasteiger partial charge in [0.25, 0.3) is 0 Å². The minimum atomic E-state index is -3.82. The zero-order valence-corrected chi connectivity index (χ0v) is 25.4. The molecule has 0 unspecified atom stereocenters. The van der Waals surface area contributed by atoms with Crippen LogP contribution >= 0.6 is 22.7 Å². The molecule has 0 bridgehead atoms. The Morgan fingerprint density at radius 1 is 0.683 bits per heavy atom. The lowest BCUT2D eigenvalue weighted by atomic mass is 9.99. The predicted molar refractivity (Wildman–Crippen MR) is 164 cm³/mol. The van der Waals surface area contributed by atoms with E-state index in [0.717, 1.165) is 93.3 Å². The second-order valence-corrected chi connectivity index (χ2v) is 15.0. The number of allylic oxidation sites excluding steroid dienone is 4. The molecular formula is C32H30F2N2O2S3. The number of hydrogen-bond acceptors (Lipinski definition) is 6. The molecule has 2 heterocycles. The Balaban J connectivity index is 1.20. The second kappa shape index (κ2) is 11.3. The number of nitrogens with zero attached hydrogens (tertiary/aromatic N) is 2. The summed E-state index contributed by atoms with van der Waals surface area (Å²) in [7, 11) is -3.82. The first kappa shape index (κ1) is 28.1. The van der Waals surface area contributed by atoms with Crippen molar-refractivity contribution in [1.29, 1.82) is 0 Å². The largest absolute Gasteiger partial charge is 0.242 e. The first-order valence-electron chi connectivity index (χ1n) is 13.7. The Labute approximate surface area is 247 Å². The predicted octanol–water partition coefficient (Wildman–Crippen LogP) is 8.80. The van der Waals surface area contributed by atoms with Gasteiger partial charge in [-0.1, -0.05) is 24.3 Å². The zero-order chi connectivity index (χ0) is 28.7. The fraction of sp³-hybridized carbons (Fsp3) is 0.312. The van der Waals surface area contributed by atoms with Gasteiger partial charge < -0.3 is 0 Å². The summed E-state index contributed by atoms with van der Waals surface area (Å²) in [6.45, 7) is 3.93. The van der Waals surface area contributed by atoms with Crippen molar-refractivity contribution in [2.45, 2.75) is 63.9 Å². The molecule has 212 valence electrons. The van der Waals surface area contributed by atoms with Crippen LogP contribution in [0.1, 0.15) is 82.2 Å². The van der Waals surface area contributed by atoms with Gasteiger partial charge in [0.05, 0.1) is 32.9 Å². The van der Waals surface area contributed by atoms with Crippen molar-refractivity contribution in [3.63, 3.8) is 0 Å². The molecular weight excluding hydrogens is 579 g/mol. The van der Waals surface area contributed by atoms with E-state index in [-0.39, 0.29) is 11.1 Å². The molecule has 6 rings (SSSR count). The Kier molecular flexibility index (Phi) is 7.78. The van der Waals surface area contributed by atoms with E-state index < -0.39 is 33.0 Å². The van der Waals surface area contributed by atoms with Gasteiger partial charge in [-0.25, -0.2) is 27.2 Å². The maximum atomic E-state index is 15.2. The van der Waals surface area contributed by atoms with Crippen LogP contribution in [0, 0.1) is 25.5 Å². The minimum absolute atomic E-state index is 0.0923. The van der Waals surface area contributed by atoms with Crippen molar-refractivity contribution >= 4 is 54.8 Å². The molecule has 9 heteroatoms. The summed E-state index contributed by atoms with van der Waals surface area (Å²) in [6.07, 6.45) is 5.41. The lowest BCUT2D eigenvalue weighted by Gasteiger charge is -2.12. The number of hydrogen-bond donors (Lipinski definition) is 0. The third kappa shape index (κ3) is 5.98. The van der Waals surface area contributed by atoms with E-state index in [1.807, 2.05) is 24.6 Å². The van der Waals surface area contributed by atoms with Gasteiger partial charge in [-0.3, -0.25) is 0 Å². The normalized spacial score (nSPS) is 15.9. The van der Waals surface area contributed by atoms with Crippen LogP contribution in [0.15, 0.2) is 47.2 Å². The lowest BCUT2D eigenvalue weighted by Crippen LogP contribution is -2.10. The van der Waals surface area contributed by atoms with Crippen molar-refractivity contribution in [3.8, 4) is 0 Å². The maximum absolute atomic E-state index is 15.2. The molecule has 2 aliphatic rings. The van der Waals surface area contributed by atoms with Gasteiger partial charge in [0, 0.05) is 21.9 Å². The van der Waals surface area contributed by atoms with Crippen molar-refractivity contribution in [2.24, 2.45) is 0 Å². The van der Waals surface area contributed by atoms with Crippen LogP contribution < -0.4 is 0 Å². The van der Waals surface area contributed by atoms with E-state index in [0.29, 0.717) is 0 Å². The summed E-state index contributed by atoms with van der Waals surface area (Å²) in [4.78, 5) is 9.20. The lowest BCUT2D eigenvalue weighted by molar-refractivity contribution is 0.580. The van der Waals surface area contributed by atoms with Crippen LogP contribution in [0.2, 0.25) is 0 Å². The van der Waals surface area contributed by atoms with Gasteiger partial charge in [0.1, 0.15) is 11.6 Å². The van der Waals surface area contributed by atoms with E-state index in [1.54, 1.807) is 46.9 Å². The van der Waals surface area contributed by atoms with E-state index in [4.69, 9.17) is 0 Å². The van der Waals surface area contributed by atoms with Crippen LogP contribution in [0.5, 0.6) is 0 Å². The molecule has 0 aliphatic heterocycles. The molecule has 2 aliphatic carbocycles. The smallest absolute Gasteiger partial charge is 0.158 e. The average Bonchev–Trinajstić information content (AvgIpc) is 3.73. The van der Waals surface area contributed by atoms with Crippen molar-refractivity contribution in [1.82, 2.24) is 9.97 Å². The highest BCUT2D eigenvalue weighted by Crippen LogP contribution is 2.41. The highest BCUT2D eigenvalue weighted by molar-refractivity contribution is 7.89. The van der Waals surface area contributed by atoms with Crippen molar-refractivity contribution < 1.29 is 17.2 Å². The Hall–Kier alpha value is -3.01. The molecule has 0 saturated heterocycles. The number of aryl methyl sites for hydroxylation is 2. The molecule has 0 N–H and O–H groups in total. The second-order valence-electron chi connectivity index (χ2n) is 10.8. The molecule has 4 aromatic rings. The highest BCUT2D eigenvalue weighted by atomic mass is 32.2. The first-order valence-corrected chi connectivity index (χ1v) is 17.3. The SMILES string of the molecule is Cc1nc(C2=C(c3ccc(CS(=O)(=O)Cc4ccc(C5=C(c6csc(C)n6)CCC5)cc4F)c(F)c3)CCC2)cs1. The average molecular weight is 609 g/mol. The quantitative estimate of drug-likeness (QED) is 0.201. The fourth-order valence-corrected chi connectivity index (χ4v) is 8.70. The molecule has 4 nitrogen and oxygen atoms in total. The number of thiazole rings is 2. The van der Waals surface area contributed by atoms with Gasteiger partial charge in [-0.2, -0.15) is 0 Å². The number of benzene rings is 2. The van der Waals surface area contributed by atoms with Crippen LogP contribution in [0.4, 0.5) is 8.78 Å². The molecule has 0 radical (unpaired) electrons. The van der Waals surface area contributed by atoms with Crippen LogP contribution in [0.3, 0.4) is 0 Å². The molecule has 0 spiro atoms.